The second kappa shape index (κ2) is 11.1. The van der Waals surface area contributed by atoms with Gasteiger partial charge in [-0.2, -0.15) is 0 Å². The lowest BCUT2D eigenvalue weighted by atomic mass is 10.1. The maximum atomic E-state index is 12.2. The fraction of sp³-hybridized carbons (Fsp3) is 0.381. The average molecular weight is 410 g/mol. The molecule has 0 unspecified atom stereocenters. The van der Waals surface area contributed by atoms with E-state index in [0.29, 0.717) is 47.5 Å². The minimum absolute atomic E-state index is 0.102. The molecule has 0 aliphatic rings. The van der Waals surface area contributed by atoms with Crippen molar-refractivity contribution in [2.24, 2.45) is 0 Å². The molecule has 2 aromatic rings. The van der Waals surface area contributed by atoms with Gasteiger partial charge in [-0.05, 0) is 55.7 Å². The van der Waals surface area contributed by atoms with Crippen LogP contribution in [0.2, 0.25) is 10.0 Å². The number of unbranched alkanes of at least 4 members (excludes halogenated alkanes) is 1. The molecule has 0 aromatic heterocycles. The Balaban J connectivity index is 1.95. The number of hydrogen-bond acceptors (Lipinski definition) is 3. The van der Waals surface area contributed by atoms with Gasteiger partial charge in [0.2, 0.25) is 5.91 Å². The normalized spacial score (nSPS) is 10.5. The van der Waals surface area contributed by atoms with Crippen molar-refractivity contribution in [1.29, 1.82) is 0 Å². The molecule has 2 aromatic carbocycles. The first kappa shape index (κ1) is 21.4. The number of ether oxygens (including phenoxy) is 2. The number of benzene rings is 2. The number of hydrogen-bond donors (Lipinski definition) is 1. The van der Waals surface area contributed by atoms with Crippen molar-refractivity contribution >= 4 is 34.8 Å². The van der Waals surface area contributed by atoms with E-state index in [1.165, 1.54) is 0 Å². The van der Waals surface area contributed by atoms with Crippen molar-refractivity contribution in [3.63, 3.8) is 0 Å². The van der Waals surface area contributed by atoms with Crippen LogP contribution in [-0.4, -0.2) is 19.1 Å². The molecule has 1 amide bonds. The van der Waals surface area contributed by atoms with Gasteiger partial charge in [0, 0.05) is 22.2 Å². The fourth-order valence-electron chi connectivity index (χ4n) is 2.53. The maximum Gasteiger partial charge on any atom is 0.224 e. The van der Waals surface area contributed by atoms with Gasteiger partial charge in [-0.25, -0.2) is 0 Å². The lowest BCUT2D eigenvalue weighted by Crippen LogP contribution is -2.12. The van der Waals surface area contributed by atoms with Gasteiger partial charge in [-0.3, -0.25) is 4.79 Å². The van der Waals surface area contributed by atoms with Gasteiger partial charge in [0.15, 0.2) is 11.5 Å². The number of anilines is 1. The summed E-state index contributed by atoms with van der Waals surface area (Å²) >= 11 is 11.9. The summed E-state index contributed by atoms with van der Waals surface area (Å²) in [7, 11) is 0. The van der Waals surface area contributed by atoms with E-state index in [-0.39, 0.29) is 5.91 Å². The quantitative estimate of drug-likeness (QED) is 0.479. The van der Waals surface area contributed by atoms with Gasteiger partial charge in [0.25, 0.3) is 0 Å². The van der Waals surface area contributed by atoms with E-state index in [9.17, 15) is 4.79 Å². The highest BCUT2D eigenvalue weighted by molar-refractivity contribution is 6.35. The number of rotatable bonds is 10. The van der Waals surface area contributed by atoms with Gasteiger partial charge in [-0.1, -0.05) is 42.6 Å². The Morgan fingerprint density at radius 1 is 1.00 bits per heavy atom. The SMILES string of the molecule is CCCCOc1ccc(CCC(=O)Nc2cc(Cl)cc(Cl)c2)cc1OCC. The smallest absolute Gasteiger partial charge is 0.224 e. The minimum atomic E-state index is -0.102. The zero-order valence-electron chi connectivity index (χ0n) is 15.7. The highest BCUT2D eigenvalue weighted by Gasteiger charge is 2.09. The Morgan fingerprint density at radius 3 is 2.41 bits per heavy atom. The highest BCUT2D eigenvalue weighted by Crippen LogP contribution is 2.29. The highest BCUT2D eigenvalue weighted by atomic mass is 35.5. The predicted octanol–water partition coefficient (Wildman–Crippen LogP) is 6.14. The summed E-state index contributed by atoms with van der Waals surface area (Å²) in [5, 5.41) is 3.78. The first-order chi connectivity index (χ1) is 13.0. The Bertz CT molecular complexity index is 745. The molecule has 0 fully saturated rings. The molecule has 0 saturated carbocycles. The number of carbonyl (C=O) groups is 1. The second-order valence-electron chi connectivity index (χ2n) is 6.12. The largest absolute Gasteiger partial charge is 0.490 e. The third-order valence-electron chi connectivity index (χ3n) is 3.85. The van der Waals surface area contributed by atoms with E-state index in [1.807, 2.05) is 25.1 Å². The van der Waals surface area contributed by atoms with Crippen LogP contribution in [0.25, 0.3) is 0 Å². The molecule has 0 radical (unpaired) electrons. The zero-order chi connectivity index (χ0) is 19.6. The third-order valence-corrected chi connectivity index (χ3v) is 4.29. The molecule has 27 heavy (non-hydrogen) atoms. The topological polar surface area (TPSA) is 47.6 Å². The number of halogens is 2. The van der Waals surface area contributed by atoms with Crippen LogP contribution < -0.4 is 14.8 Å². The zero-order valence-corrected chi connectivity index (χ0v) is 17.2. The predicted molar refractivity (Wildman–Crippen MR) is 111 cm³/mol. The Labute approximate surface area is 170 Å². The fourth-order valence-corrected chi connectivity index (χ4v) is 3.06. The van der Waals surface area contributed by atoms with Crippen LogP contribution >= 0.6 is 23.2 Å². The van der Waals surface area contributed by atoms with Crippen molar-refractivity contribution in [2.75, 3.05) is 18.5 Å². The van der Waals surface area contributed by atoms with E-state index >= 15 is 0 Å². The third kappa shape index (κ3) is 7.31. The van der Waals surface area contributed by atoms with Crippen LogP contribution in [0.3, 0.4) is 0 Å². The van der Waals surface area contributed by atoms with Crippen LogP contribution in [0.4, 0.5) is 5.69 Å². The van der Waals surface area contributed by atoms with Gasteiger partial charge >= 0.3 is 0 Å². The number of carbonyl (C=O) groups excluding carboxylic acids is 1. The number of amides is 1. The Kier molecular flexibility index (Phi) is 8.76. The van der Waals surface area contributed by atoms with Crippen LogP contribution in [0, 0.1) is 0 Å². The first-order valence-electron chi connectivity index (χ1n) is 9.16. The molecule has 6 heteroatoms. The molecule has 2 rings (SSSR count). The summed E-state index contributed by atoms with van der Waals surface area (Å²) in [5.41, 5.74) is 1.60. The molecule has 1 N–H and O–H groups in total. The van der Waals surface area contributed by atoms with Crippen molar-refractivity contribution in [1.82, 2.24) is 0 Å². The van der Waals surface area contributed by atoms with Crippen molar-refractivity contribution in [3.8, 4) is 11.5 Å². The minimum Gasteiger partial charge on any atom is -0.490 e. The summed E-state index contributed by atoms with van der Waals surface area (Å²) < 4.78 is 11.5. The van der Waals surface area contributed by atoms with Gasteiger partial charge in [-0.15, -0.1) is 0 Å². The molecule has 0 spiro atoms. The summed E-state index contributed by atoms with van der Waals surface area (Å²) in [4.78, 5) is 12.2. The second-order valence-corrected chi connectivity index (χ2v) is 7.00. The van der Waals surface area contributed by atoms with E-state index < -0.39 is 0 Å². The molecule has 0 aliphatic carbocycles. The summed E-state index contributed by atoms with van der Waals surface area (Å²) in [6.45, 7) is 5.29. The molecule has 146 valence electrons. The van der Waals surface area contributed by atoms with Gasteiger partial charge < -0.3 is 14.8 Å². The number of aryl methyl sites for hydroxylation is 1. The van der Waals surface area contributed by atoms with Crippen LogP contribution in [0.5, 0.6) is 11.5 Å². The molecule has 0 bridgehead atoms. The van der Waals surface area contributed by atoms with Crippen molar-refractivity contribution < 1.29 is 14.3 Å². The number of nitrogens with one attached hydrogen (secondary N) is 1. The molecule has 0 aliphatic heterocycles. The monoisotopic (exact) mass is 409 g/mol. The van der Waals surface area contributed by atoms with Crippen molar-refractivity contribution in [2.45, 2.75) is 39.5 Å². The lowest BCUT2D eigenvalue weighted by Gasteiger charge is -2.13. The van der Waals surface area contributed by atoms with Gasteiger partial charge in [0.1, 0.15) is 0 Å². The average Bonchev–Trinajstić information content (AvgIpc) is 2.61. The van der Waals surface area contributed by atoms with Gasteiger partial charge in [0.05, 0.1) is 13.2 Å². The molecular formula is C21H25Cl2NO3. The van der Waals surface area contributed by atoms with Crippen molar-refractivity contribution in [3.05, 3.63) is 52.0 Å². The molecule has 0 heterocycles. The summed E-state index contributed by atoms with van der Waals surface area (Å²) in [6.07, 6.45) is 3.01. The maximum absolute atomic E-state index is 12.2. The summed E-state index contributed by atoms with van der Waals surface area (Å²) in [5.74, 6) is 1.36. The van der Waals surface area contributed by atoms with E-state index in [1.54, 1.807) is 18.2 Å². The van der Waals surface area contributed by atoms with Crippen LogP contribution in [0.1, 0.15) is 38.7 Å². The molecule has 0 atom stereocenters. The molecule has 0 saturated heterocycles. The Morgan fingerprint density at radius 2 is 1.74 bits per heavy atom. The molecule has 4 nitrogen and oxygen atoms in total. The van der Waals surface area contributed by atoms with E-state index in [4.69, 9.17) is 32.7 Å². The standard InChI is InChI=1S/C21H25Cl2NO3/c1-3-5-10-27-19-8-6-15(11-20(19)26-4-2)7-9-21(25)24-18-13-16(22)12-17(23)14-18/h6,8,11-14H,3-5,7,9-10H2,1-2H3,(H,24,25). The lowest BCUT2D eigenvalue weighted by molar-refractivity contribution is -0.116. The van der Waals surface area contributed by atoms with E-state index in [0.717, 1.165) is 24.2 Å². The van der Waals surface area contributed by atoms with E-state index in [2.05, 4.69) is 12.2 Å². The molecular weight excluding hydrogens is 385 g/mol. The Hall–Kier alpha value is -1.91. The first-order valence-corrected chi connectivity index (χ1v) is 9.92. The van der Waals surface area contributed by atoms with Crippen LogP contribution in [-0.2, 0) is 11.2 Å². The van der Waals surface area contributed by atoms with Crippen LogP contribution in [0.15, 0.2) is 36.4 Å². The summed E-state index contributed by atoms with van der Waals surface area (Å²) in [6, 6.07) is 10.8.